The highest BCUT2D eigenvalue weighted by atomic mass is 32.2. The summed E-state index contributed by atoms with van der Waals surface area (Å²) in [6, 6.07) is 4.58. The van der Waals surface area contributed by atoms with Gasteiger partial charge in [0.15, 0.2) is 0 Å². The van der Waals surface area contributed by atoms with Crippen LogP contribution in [0, 0.1) is 6.92 Å². The number of hydrogen-bond acceptors (Lipinski definition) is 5. The molecule has 6 nitrogen and oxygen atoms in total. The summed E-state index contributed by atoms with van der Waals surface area (Å²) in [6.45, 7) is 3.17. The lowest BCUT2D eigenvalue weighted by Crippen LogP contribution is -2.14. The van der Waals surface area contributed by atoms with E-state index in [9.17, 15) is 13.2 Å². The number of sulfonamides is 1. The van der Waals surface area contributed by atoms with Gasteiger partial charge in [-0.2, -0.15) is 0 Å². The van der Waals surface area contributed by atoms with Crippen LogP contribution >= 0.6 is 11.3 Å². The predicted octanol–water partition coefficient (Wildman–Crippen LogP) is 1.72. The summed E-state index contributed by atoms with van der Waals surface area (Å²) in [4.78, 5) is 15.8. The number of rotatable bonds is 3. The molecule has 0 fully saturated rings. The van der Waals surface area contributed by atoms with Gasteiger partial charge in [0.2, 0.25) is 15.9 Å². The number of carbonyl (C=O) groups is 1. The zero-order valence-electron chi connectivity index (χ0n) is 10.9. The SMILES string of the molecule is CC(=O)Nc1ccc(-c2cnc(C)s2)c(S(N)(=O)=O)c1. The Morgan fingerprint density at radius 3 is 2.60 bits per heavy atom. The molecule has 0 aliphatic carbocycles. The lowest BCUT2D eigenvalue weighted by atomic mass is 10.2. The Morgan fingerprint density at radius 1 is 1.40 bits per heavy atom. The van der Waals surface area contributed by atoms with Crippen molar-refractivity contribution in [2.45, 2.75) is 18.7 Å². The zero-order valence-corrected chi connectivity index (χ0v) is 12.5. The molecule has 106 valence electrons. The van der Waals surface area contributed by atoms with Gasteiger partial charge in [0.05, 0.1) is 14.8 Å². The summed E-state index contributed by atoms with van der Waals surface area (Å²) in [5, 5.41) is 8.60. The predicted molar refractivity (Wildman–Crippen MR) is 78.0 cm³/mol. The molecule has 20 heavy (non-hydrogen) atoms. The van der Waals surface area contributed by atoms with Gasteiger partial charge in [-0.1, -0.05) is 6.07 Å². The van der Waals surface area contributed by atoms with E-state index in [0.29, 0.717) is 16.1 Å². The summed E-state index contributed by atoms with van der Waals surface area (Å²) in [5.74, 6) is -0.285. The van der Waals surface area contributed by atoms with Crippen LogP contribution in [0.15, 0.2) is 29.3 Å². The first-order valence-electron chi connectivity index (χ1n) is 5.64. The molecule has 1 aromatic carbocycles. The van der Waals surface area contributed by atoms with Crippen LogP contribution in [0.3, 0.4) is 0 Å². The lowest BCUT2D eigenvalue weighted by molar-refractivity contribution is -0.114. The highest BCUT2D eigenvalue weighted by Crippen LogP contribution is 2.32. The molecular weight excluding hydrogens is 298 g/mol. The molecule has 1 aromatic heterocycles. The van der Waals surface area contributed by atoms with Crippen LogP contribution in [0.2, 0.25) is 0 Å². The minimum Gasteiger partial charge on any atom is -0.326 e. The van der Waals surface area contributed by atoms with Crippen molar-refractivity contribution in [3.05, 3.63) is 29.4 Å². The Labute approximate surface area is 120 Å². The fourth-order valence-electron chi connectivity index (χ4n) is 1.73. The number of nitrogens with one attached hydrogen (secondary N) is 1. The van der Waals surface area contributed by atoms with Crippen molar-refractivity contribution in [2.75, 3.05) is 5.32 Å². The summed E-state index contributed by atoms with van der Waals surface area (Å²) in [5.41, 5.74) is 0.860. The van der Waals surface area contributed by atoms with Crippen molar-refractivity contribution < 1.29 is 13.2 Å². The van der Waals surface area contributed by atoms with Crippen molar-refractivity contribution in [3.63, 3.8) is 0 Å². The average Bonchev–Trinajstić information content (AvgIpc) is 2.74. The Hall–Kier alpha value is -1.77. The van der Waals surface area contributed by atoms with Crippen LogP contribution < -0.4 is 10.5 Å². The number of nitrogens with two attached hydrogens (primary N) is 1. The fraction of sp³-hybridized carbons (Fsp3) is 0.167. The van der Waals surface area contributed by atoms with Crippen LogP contribution in [0.1, 0.15) is 11.9 Å². The average molecular weight is 311 g/mol. The van der Waals surface area contributed by atoms with Gasteiger partial charge in [-0.15, -0.1) is 11.3 Å². The lowest BCUT2D eigenvalue weighted by Gasteiger charge is -2.09. The summed E-state index contributed by atoms with van der Waals surface area (Å²) >= 11 is 1.37. The number of amides is 1. The molecule has 8 heteroatoms. The highest BCUT2D eigenvalue weighted by molar-refractivity contribution is 7.89. The minimum absolute atomic E-state index is 0.0348. The van der Waals surface area contributed by atoms with Crippen LogP contribution in [-0.2, 0) is 14.8 Å². The Morgan fingerprint density at radius 2 is 2.10 bits per heavy atom. The van der Waals surface area contributed by atoms with E-state index in [0.717, 1.165) is 5.01 Å². The van der Waals surface area contributed by atoms with Gasteiger partial charge in [0, 0.05) is 24.4 Å². The second kappa shape index (κ2) is 5.31. The molecular formula is C12H13N3O3S2. The molecule has 0 radical (unpaired) electrons. The minimum atomic E-state index is -3.90. The number of anilines is 1. The molecule has 0 bridgehead atoms. The molecule has 1 heterocycles. The van der Waals surface area contributed by atoms with E-state index in [1.54, 1.807) is 18.3 Å². The monoisotopic (exact) mass is 311 g/mol. The maximum atomic E-state index is 11.7. The van der Waals surface area contributed by atoms with E-state index >= 15 is 0 Å². The third kappa shape index (κ3) is 3.21. The van der Waals surface area contributed by atoms with Crippen molar-refractivity contribution in [1.82, 2.24) is 4.98 Å². The summed E-state index contributed by atoms with van der Waals surface area (Å²) < 4.78 is 23.4. The number of thiazole rings is 1. The van der Waals surface area contributed by atoms with E-state index in [1.165, 1.54) is 24.3 Å². The number of aryl methyl sites for hydroxylation is 1. The molecule has 0 atom stereocenters. The first-order chi connectivity index (χ1) is 9.27. The molecule has 2 aromatic rings. The van der Waals surface area contributed by atoms with Crippen LogP contribution in [0.5, 0.6) is 0 Å². The second-order valence-corrected chi connectivity index (χ2v) is 6.95. The second-order valence-electron chi connectivity index (χ2n) is 4.18. The maximum absolute atomic E-state index is 11.7. The normalized spacial score (nSPS) is 11.3. The smallest absolute Gasteiger partial charge is 0.238 e. The summed E-state index contributed by atoms with van der Waals surface area (Å²) in [7, 11) is -3.90. The van der Waals surface area contributed by atoms with Gasteiger partial charge < -0.3 is 5.32 Å². The highest BCUT2D eigenvalue weighted by Gasteiger charge is 2.18. The maximum Gasteiger partial charge on any atom is 0.238 e. The molecule has 0 saturated heterocycles. The molecule has 0 aliphatic rings. The largest absolute Gasteiger partial charge is 0.326 e. The fourth-order valence-corrected chi connectivity index (χ4v) is 3.39. The van der Waals surface area contributed by atoms with Crippen LogP contribution in [0.25, 0.3) is 10.4 Å². The number of benzene rings is 1. The van der Waals surface area contributed by atoms with E-state index in [4.69, 9.17) is 5.14 Å². The van der Waals surface area contributed by atoms with Crippen LogP contribution in [0.4, 0.5) is 5.69 Å². The van der Waals surface area contributed by atoms with E-state index in [1.807, 2.05) is 6.92 Å². The Kier molecular flexibility index (Phi) is 3.89. The number of hydrogen-bond donors (Lipinski definition) is 2. The number of primary sulfonamides is 1. The Balaban J connectivity index is 2.60. The number of carbonyl (C=O) groups excluding carboxylic acids is 1. The van der Waals surface area contributed by atoms with Crippen molar-refractivity contribution in [3.8, 4) is 10.4 Å². The van der Waals surface area contributed by atoms with Gasteiger partial charge in [-0.25, -0.2) is 18.5 Å². The molecule has 0 aliphatic heterocycles. The van der Waals surface area contributed by atoms with Gasteiger partial charge in [-0.3, -0.25) is 4.79 Å². The first kappa shape index (κ1) is 14.6. The van der Waals surface area contributed by atoms with Gasteiger partial charge in [-0.05, 0) is 19.1 Å². The first-order valence-corrected chi connectivity index (χ1v) is 8.01. The molecule has 3 N–H and O–H groups in total. The topological polar surface area (TPSA) is 102 Å². The van der Waals surface area contributed by atoms with Crippen molar-refractivity contribution in [2.24, 2.45) is 5.14 Å². The quantitative estimate of drug-likeness (QED) is 0.901. The van der Waals surface area contributed by atoms with E-state index in [2.05, 4.69) is 10.3 Å². The number of nitrogens with zero attached hydrogens (tertiary/aromatic N) is 1. The summed E-state index contributed by atoms with van der Waals surface area (Å²) in [6.07, 6.45) is 1.60. The third-order valence-electron chi connectivity index (χ3n) is 2.50. The molecule has 1 amide bonds. The van der Waals surface area contributed by atoms with Crippen molar-refractivity contribution in [1.29, 1.82) is 0 Å². The zero-order chi connectivity index (χ0) is 14.9. The van der Waals surface area contributed by atoms with Crippen LogP contribution in [-0.4, -0.2) is 19.3 Å². The Bertz CT molecular complexity index is 766. The molecule has 0 spiro atoms. The van der Waals surface area contributed by atoms with Gasteiger partial charge >= 0.3 is 0 Å². The number of aromatic nitrogens is 1. The molecule has 0 unspecified atom stereocenters. The van der Waals surface area contributed by atoms with Gasteiger partial charge in [0.1, 0.15) is 0 Å². The third-order valence-corrected chi connectivity index (χ3v) is 4.39. The standard InChI is InChI=1S/C12H13N3O3S2/c1-7(16)15-9-3-4-10(11-6-14-8(2)19-11)12(5-9)20(13,17)18/h3-6H,1-2H3,(H,15,16)(H2,13,17,18). The molecule has 0 saturated carbocycles. The van der Waals surface area contributed by atoms with E-state index < -0.39 is 10.0 Å². The van der Waals surface area contributed by atoms with E-state index in [-0.39, 0.29) is 10.8 Å². The molecule has 2 rings (SSSR count). The van der Waals surface area contributed by atoms with Gasteiger partial charge in [0.25, 0.3) is 0 Å². The van der Waals surface area contributed by atoms with Crippen molar-refractivity contribution >= 4 is 33.0 Å².